The number of hydrogen-bond donors (Lipinski definition) is 1. The molecule has 27 heavy (non-hydrogen) atoms. The summed E-state index contributed by atoms with van der Waals surface area (Å²) < 4.78 is 49.4. The number of ether oxygens (including phenoxy) is 2. The molecule has 0 bridgehead atoms. The van der Waals surface area contributed by atoms with Crippen molar-refractivity contribution in [2.75, 3.05) is 29.1 Å². The Morgan fingerprint density at radius 2 is 1.74 bits per heavy atom. The van der Waals surface area contributed by atoms with Crippen LogP contribution < -0.4 is 19.1 Å². The Labute approximate surface area is 156 Å². The summed E-state index contributed by atoms with van der Waals surface area (Å²) >= 11 is 0. The molecule has 0 unspecified atom stereocenters. The first-order valence-electron chi connectivity index (χ1n) is 8.21. The molecule has 7 nitrogen and oxygen atoms in total. The fourth-order valence-electron chi connectivity index (χ4n) is 2.76. The van der Waals surface area contributed by atoms with Gasteiger partial charge in [-0.05, 0) is 43.3 Å². The summed E-state index contributed by atoms with van der Waals surface area (Å²) in [6.07, 6.45) is 0.990. The summed E-state index contributed by atoms with van der Waals surface area (Å²) in [5.41, 5.74) is 0.646. The maximum absolute atomic E-state index is 13.2. The Balaban J connectivity index is 1.82. The van der Waals surface area contributed by atoms with Gasteiger partial charge in [0.25, 0.3) is 0 Å². The van der Waals surface area contributed by atoms with Gasteiger partial charge in [0.05, 0.1) is 11.9 Å². The molecule has 144 valence electrons. The lowest BCUT2D eigenvalue weighted by molar-refractivity contribution is -0.116. The molecule has 0 saturated heterocycles. The molecule has 3 rings (SSSR count). The molecule has 0 spiro atoms. The monoisotopic (exact) mass is 394 g/mol. The average molecular weight is 394 g/mol. The zero-order valence-corrected chi connectivity index (χ0v) is 15.6. The number of sulfonamides is 1. The maximum Gasteiger partial charge on any atom is 0.247 e. The van der Waals surface area contributed by atoms with E-state index in [0.717, 1.165) is 22.7 Å². The van der Waals surface area contributed by atoms with Crippen LogP contribution in [0.1, 0.15) is 6.92 Å². The van der Waals surface area contributed by atoms with Gasteiger partial charge in [-0.2, -0.15) is 0 Å². The fraction of sp³-hybridized carbons (Fsp3) is 0.278. The van der Waals surface area contributed by atoms with Crippen LogP contribution in [0.25, 0.3) is 0 Å². The molecule has 1 N–H and O–H groups in total. The van der Waals surface area contributed by atoms with Gasteiger partial charge in [-0.25, -0.2) is 12.8 Å². The minimum Gasteiger partial charge on any atom is -0.486 e. The van der Waals surface area contributed by atoms with Gasteiger partial charge in [0.2, 0.25) is 15.9 Å². The molecule has 9 heteroatoms. The lowest BCUT2D eigenvalue weighted by Gasteiger charge is -2.28. The first-order valence-corrected chi connectivity index (χ1v) is 10.1. The van der Waals surface area contributed by atoms with Gasteiger partial charge in [0.1, 0.15) is 25.1 Å². The molecular formula is C18H19FN2O5S. The van der Waals surface area contributed by atoms with Crippen molar-refractivity contribution in [3.05, 3.63) is 48.3 Å². The van der Waals surface area contributed by atoms with E-state index in [0.29, 0.717) is 30.4 Å². The molecule has 2 aromatic carbocycles. The van der Waals surface area contributed by atoms with E-state index >= 15 is 0 Å². The van der Waals surface area contributed by atoms with Crippen molar-refractivity contribution in [3.63, 3.8) is 0 Å². The smallest absolute Gasteiger partial charge is 0.247 e. The minimum absolute atomic E-state index is 0.198. The van der Waals surface area contributed by atoms with Crippen LogP contribution in [-0.4, -0.2) is 39.8 Å². The van der Waals surface area contributed by atoms with Crippen LogP contribution in [0.2, 0.25) is 0 Å². The lowest BCUT2D eigenvalue weighted by Crippen LogP contribution is -2.45. The molecule has 2 aromatic rings. The van der Waals surface area contributed by atoms with Crippen molar-refractivity contribution in [2.45, 2.75) is 13.0 Å². The highest BCUT2D eigenvalue weighted by Crippen LogP contribution is 2.32. The Kier molecular flexibility index (Phi) is 5.22. The minimum atomic E-state index is -3.78. The summed E-state index contributed by atoms with van der Waals surface area (Å²) in [5, 5.41) is 2.67. The number of hydrogen-bond acceptors (Lipinski definition) is 5. The molecule has 1 amide bonds. The van der Waals surface area contributed by atoms with Crippen molar-refractivity contribution in [3.8, 4) is 11.5 Å². The molecule has 0 radical (unpaired) electrons. The Morgan fingerprint density at radius 3 is 2.37 bits per heavy atom. The van der Waals surface area contributed by atoms with Crippen LogP contribution in [0.15, 0.2) is 42.5 Å². The number of anilines is 2. The molecule has 1 aliphatic rings. The number of carbonyl (C=O) groups excluding carboxylic acids is 1. The third-order valence-corrected chi connectivity index (χ3v) is 5.22. The number of benzene rings is 2. The number of fused-ring (bicyclic) bond motifs is 1. The first-order chi connectivity index (χ1) is 12.8. The summed E-state index contributed by atoms with van der Waals surface area (Å²) in [4.78, 5) is 12.6. The number of rotatable bonds is 5. The number of nitrogens with one attached hydrogen (secondary N) is 1. The second-order valence-corrected chi connectivity index (χ2v) is 7.92. The molecule has 1 heterocycles. The van der Waals surface area contributed by atoms with Crippen LogP contribution >= 0.6 is 0 Å². The van der Waals surface area contributed by atoms with Gasteiger partial charge in [-0.15, -0.1) is 0 Å². The average Bonchev–Trinajstić information content (AvgIpc) is 2.62. The van der Waals surface area contributed by atoms with Crippen LogP contribution in [0.3, 0.4) is 0 Å². The normalized spacial score (nSPS) is 14.3. The number of carbonyl (C=O) groups is 1. The molecule has 0 saturated carbocycles. The van der Waals surface area contributed by atoms with Gasteiger partial charge in [-0.3, -0.25) is 9.10 Å². The highest BCUT2D eigenvalue weighted by molar-refractivity contribution is 7.92. The molecule has 0 aliphatic carbocycles. The summed E-state index contributed by atoms with van der Waals surface area (Å²) in [6, 6.07) is 8.76. The Bertz CT molecular complexity index is 947. The van der Waals surface area contributed by atoms with Crippen molar-refractivity contribution < 1.29 is 27.1 Å². The van der Waals surface area contributed by atoms with Gasteiger partial charge in [-0.1, -0.05) is 0 Å². The highest BCUT2D eigenvalue weighted by atomic mass is 32.2. The number of halogens is 1. The van der Waals surface area contributed by atoms with E-state index in [9.17, 15) is 17.6 Å². The quantitative estimate of drug-likeness (QED) is 0.842. The third kappa shape index (κ3) is 4.30. The van der Waals surface area contributed by atoms with Gasteiger partial charge in [0.15, 0.2) is 11.5 Å². The number of amides is 1. The van der Waals surface area contributed by atoms with Crippen LogP contribution in [0.5, 0.6) is 11.5 Å². The SMILES string of the molecule is C[C@H](C(=O)Nc1ccc2c(c1)OCCO2)N(c1ccc(F)cc1)S(C)(=O)=O. The largest absolute Gasteiger partial charge is 0.486 e. The first kappa shape index (κ1) is 19.0. The zero-order valence-electron chi connectivity index (χ0n) is 14.8. The molecule has 1 atom stereocenters. The Morgan fingerprint density at radius 1 is 1.11 bits per heavy atom. The third-order valence-electron chi connectivity index (χ3n) is 3.98. The second-order valence-electron chi connectivity index (χ2n) is 6.06. The highest BCUT2D eigenvalue weighted by Gasteiger charge is 2.29. The summed E-state index contributed by atoms with van der Waals surface area (Å²) in [7, 11) is -3.78. The topological polar surface area (TPSA) is 84.9 Å². The van der Waals surface area contributed by atoms with E-state index in [4.69, 9.17) is 9.47 Å². The van der Waals surface area contributed by atoms with Crippen molar-refractivity contribution >= 4 is 27.3 Å². The predicted molar refractivity (Wildman–Crippen MR) is 99.2 cm³/mol. The lowest BCUT2D eigenvalue weighted by atomic mass is 10.2. The van der Waals surface area contributed by atoms with E-state index < -0.39 is 27.8 Å². The number of nitrogens with zero attached hydrogens (tertiary/aromatic N) is 1. The van der Waals surface area contributed by atoms with Crippen LogP contribution in [0, 0.1) is 5.82 Å². The molecular weight excluding hydrogens is 375 g/mol. The molecule has 0 aromatic heterocycles. The van der Waals surface area contributed by atoms with E-state index in [1.54, 1.807) is 18.2 Å². The zero-order chi connectivity index (χ0) is 19.6. The predicted octanol–water partition coefficient (Wildman–Crippen LogP) is 2.39. The Hall–Kier alpha value is -2.81. The second kappa shape index (κ2) is 7.43. The van der Waals surface area contributed by atoms with E-state index in [1.165, 1.54) is 19.1 Å². The van der Waals surface area contributed by atoms with E-state index in [1.807, 2.05) is 0 Å². The molecule has 1 aliphatic heterocycles. The standard InChI is InChI=1S/C18H19FN2O5S/c1-12(21(27(2,23)24)15-6-3-13(19)4-7-15)18(22)20-14-5-8-16-17(11-14)26-10-9-25-16/h3-8,11-12H,9-10H2,1-2H3,(H,20,22)/t12-/m1/s1. The van der Waals surface area contributed by atoms with Crippen molar-refractivity contribution in [1.29, 1.82) is 0 Å². The van der Waals surface area contributed by atoms with E-state index in [-0.39, 0.29) is 5.69 Å². The summed E-state index contributed by atoms with van der Waals surface area (Å²) in [5.74, 6) is 0.0450. The maximum atomic E-state index is 13.2. The van der Waals surface area contributed by atoms with Gasteiger partial charge in [0, 0.05) is 11.8 Å². The van der Waals surface area contributed by atoms with E-state index in [2.05, 4.69) is 5.32 Å². The van der Waals surface area contributed by atoms with Crippen LogP contribution in [0.4, 0.5) is 15.8 Å². The van der Waals surface area contributed by atoms with Gasteiger partial charge < -0.3 is 14.8 Å². The van der Waals surface area contributed by atoms with Gasteiger partial charge >= 0.3 is 0 Å². The summed E-state index contributed by atoms with van der Waals surface area (Å²) in [6.45, 7) is 2.32. The van der Waals surface area contributed by atoms with Crippen molar-refractivity contribution in [2.24, 2.45) is 0 Å². The van der Waals surface area contributed by atoms with Crippen LogP contribution in [-0.2, 0) is 14.8 Å². The van der Waals surface area contributed by atoms with Crippen molar-refractivity contribution in [1.82, 2.24) is 0 Å². The molecule has 0 fully saturated rings. The fourth-order valence-corrected chi connectivity index (χ4v) is 3.94.